The van der Waals surface area contributed by atoms with Crippen molar-refractivity contribution in [3.63, 3.8) is 0 Å². The van der Waals surface area contributed by atoms with Crippen LogP contribution < -0.4 is 11.0 Å². The second-order valence-corrected chi connectivity index (χ2v) is 6.10. The normalized spacial score (nSPS) is 16.2. The van der Waals surface area contributed by atoms with Crippen LogP contribution in [-0.4, -0.2) is 32.5 Å². The van der Waals surface area contributed by atoms with Crippen LogP contribution in [0, 0.1) is 0 Å². The lowest BCUT2D eigenvalue weighted by atomic mass is 9.95. The van der Waals surface area contributed by atoms with Crippen LogP contribution >= 0.6 is 11.8 Å². The van der Waals surface area contributed by atoms with Crippen molar-refractivity contribution in [1.29, 1.82) is 0 Å². The fourth-order valence-corrected chi connectivity index (χ4v) is 3.26. The van der Waals surface area contributed by atoms with E-state index in [1.807, 2.05) is 6.92 Å². The first kappa shape index (κ1) is 15.2. The van der Waals surface area contributed by atoms with Gasteiger partial charge in [0.05, 0.1) is 5.75 Å². The molecule has 1 aliphatic carbocycles. The third-order valence-corrected chi connectivity index (χ3v) is 4.45. The number of amides is 1. The van der Waals surface area contributed by atoms with E-state index < -0.39 is 0 Å². The van der Waals surface area contributed by atoms with Crippen molar-refractivity contribution in [2.45, 2.75) is 63.2 Å². The van der Waals surface area contributed by atoms with Crippen molar-refractivity contribution in [3.8, 4) is 0 Å². The molecule has 1 heterocycles. The molecule has 6 nitrogen and oxygen atoms in total. The highest BCUT2D eigenvalue weighted by molar-refractivity contribution is 7.99. The summed E-state index contributed by atoms with van der Waals surface area (Å²) in [5.41, 5.74) is -0.206. The van der Waals surface area contributed by atoms with E-state index >= 15 is 0 Å². The molecule has 0 saturated heterocycles. The lowest BCUT2D eigenvalue weighted by Crippen LogP contribution is -2.37. The molecular formula is C13H22N4O2S. The molecule has 20 heavy (non-hydrogen) atoms. The fraction of sp³-hybridized carbons (Fsp3) is 0.769. The Morgan fingerprint density at radius 3 is 2.90 bits per heavy atom. The van der Waals surface area contributed by atoms with E-state index in [-0.39, 0.29) is 11.6 Å². The topological polar surface area (TPSA) is 79.8 Å². The number of hydrogen-bond donors (Lipinski definition) is 2. The summed E-state index contributed by atoms with van der Waals surface area (Å²) < 4.78 is 1.58. The third-order valence-electron chi connectivity index (χ3n) is 3.47. The Morgan fingerprint density at radius 2 is 2.20 bits per heavy atom. The number of thioether (sulfide) groups is 1. The lowest BCUT2D eigenvalue weighted by Gasteiger charge is -2.22. The molecule has 1 amide bonds. The summed E-state index contributed by atoms with van der Waals surface area (Å²) in [5, 5.41) is 10.0. The molecule has 2 rings (SSSR count). The smallest absolute Gasteiger partial charge is 0.343 e. The van der Waals surface area contributed by atoms with Gasteiger partial charge in [-0.2, -0.15) is 0 Å². The number of nitrogens with zero attached hydrogens (tertiary/aromatic N) is 2. The summed E-state index contributed by atoms with van der Waals surface area (Å²) in [6, 6.07) is 0.328. The van der Waals surface area contributed by atoms with Crippen LogP contribution in [0.15, 0.2) is 9.95 Å². The second-order valence-electron chi connectivity index (χ2n) is 5.15. The van der Waals surface area contributed by atoms with Crippen molar-refractivity contribution in [3.05, 3.63) is 10.5 Å². The minimum atomic E-state index is -0.206. The zero-order valence-electron chi connectivity index (χ0n) is 11.9. The summed E-state index contributed by atoms with van der Waals surface area (Å²) >= 11 is 1.31. The maximum atomic E-state index is 11.9. The fourth-order valence-electron chi connectivity index (χ4n) is 2.48. The Hall–Kier alpha value is -1.24. The molecule has 7 heteroatoms. The Balaban J connectivity index is 1.82. The first-order chi connectivity index (χ1) is 9.70. The van der Waals surface area contributed by atoms with Gasteiger partial charge in [-0.3, -0.25) is 9.36 Å². The number of H-pyrrole nitrogens is 1. The Morgan fingerprint density at radius 1 is 1.45 bits per heavy atom. The number of aromatic nitrogens is 3. The van der Waals surface area contributed by atoms with Gasteiger partial charge < -0.3 is 5.32 Å². The number of rotatable bonds is 6. The molecule has 1 fully saturated rings. The number of nitrogens with one attached hydrogen (secondary N) is 2. The van der Waals surface area contributed by atoms with Crippen LogP contribution in [0.25, 0.3) is 0 Å². The first-order valence-electron chi connectivity index (χ1n) is 7.28. The van der Waals surface area contributed by atoms with Crippen molar-refractivity contribution in [2.24, 2.45) is 0 Å². The third kappa shape index (κ3) is 4.13. The van der Waals surface area contributed by atoms with Crippen LogP contribution in [0.5, 0.6) is 0 Å². The molecule has 0 unspecified atom stereocenters. The summed E-state index contributed by atoms with van der Waals surface area (Å²) in [7, 11) is 0. The second kappa shape index (κ2) is 7.52. The highest BCUT2D eigenvalue weighted by Gasteiger charge is 2.16. The molecule has 0 aliphatic heterocycles. The highest BCUT2D eigenvalue weighted by atomic mass is 32.2. The van der Waals surface area contributed by atoms with Crippen molar-refractivity contribution < 1.29 is 4.79 Å². The Bertz CT molecular complexity index is 491. The van der Waals surface area contributed by atoms with E-state index in [0.29, 0.717) is 23.5 Å². The SMILES string of the molecule is CCCn1c(SCC(=O)NC2CCCCC2)n[nH]c1=O. The molecule has 112 valence electrons. The summed E-state index contributed by atoms with van der Waals surface area (Å²) in [5.74, 6) is 0.338. The van der Waals surface area contributed by atoms with E-state index in [4.69, 9.17) is 0 Å². The first-order valence-corrected chi connectivity index (χ1v) is 8.26. The molecule has 0 spiro atoms. The molecule has 0 bridgehead atoms. The quantitative estimate of drug-likeness (QED) is 0.780. The number of aromatic amines is 1. The maximum absolute atomic E-state index is 11.9. The van der Waals surface area contributed by atoms with Gasteiger partial charge in [-0.25, -0.2) is 9.89 Å². The minimum Gasteiger partial charge on any atom is -0.353 e. The average Bonchev–Trinajstić information content (AvgIpc) is 2.79. The molecule has 0 aromatic carbocycles. The number of carbonyl (C=O) groups is 1. The van der Waals surface area contributed by atoms with Gasteiger partial charge in [0.15, 0.2) is 5.16 Å². The molecule has 0 atom stereocenters. The van der Waals surface area contributed by atoms with E-state index in [9.17, 15) is 9.59 Å². The standard InChI is InChI=1S/C13H22N4O2S/c1-2-8-17-12(19)15-16-13(17)20-9-11(18)14-10-6-4-3-5-7-10/h10H,2-9H2,1H3,(H,14,18)(H,15,19). The van der Waals surface area contributed by atoms with Crippen LogP contribution in [0.1, 0.15) is 45.4 Å². The monoisotopic (exact) mass is 298 g/mol. The van der Waals surface area contributed by atoms with Crippen molar-refractivity contribution >= 4 is 17.7 Å². The van der Waals surface area contributed by atoms with Gasteiger partial charge in [-0.1, -0.05) is 37.9 Å². The van der Waals surface area contributed by atoms with Crippen molar-refractivity contribution in [1.82, 2.24) is 20.1 Å². The molecule has 2 N–H and O–H groups in total. The van der Waals surface area contributed by atoms with Gasteiger partial charge in [-0.15, -0.1) is 5.10 Å². The minimum absolute atomic E-state index is 0.0281. The molecule has 1 aromatic rings. The molecule has 1 aliphatic rings. The molecule has 1 saturated carbocycles. The zero-order chi connectivity index (χ0) is 14.4. The molecule has 0 radical (unpaired) electrons. The number of hydrogen-bond acceptors (Lipinski definition) is 4. The van der Waals surface area contributed by atoms with Gasteiger partial charge in [0.1, 0.15) is 0 Å². The predicted molar refractivity (Wildman–Crippen MR) is 78.9 cm³/mol. The van der Waals surface area contributed by atoms with Gasteiger partial charge >= 0.3 is 5.69 Å². The van der Waals surface area contributed by atoms with Gasteiger partial charge in [0.2, 0.25) is 5.91 Å². The zero-order valence-corrected chi connectivity index (χ0v) is 12.7. The van der Waals surface area contributed by atoms with E-state index in [2.05, 4.69) is 15.5 Å². The van der Waals surface area contributed by atoms with Crippen LogP contribution in [0.3, 0.4) is 0 Å². The largest absolute Gasteiger partial charge is 0.353 e. The summed E-state index contributed by atoms with van der Waals surface area (Å²) in [6.07, 6.45) is 6.71. The van der Waals surface area contributed by atoms with E-state index in [1.165, 1.54) is 31.0 Å². The van der Waals surface area contributed by atoms with Crippen LogP contribution in [-0.2, 0) is 11.3 Å². The Labute approximate surface area is 122 Å². The average molecular weight is 298 g/mol. The van der Waals surface area contributed by atoms with Crippen LogP contribution in [0.2, 0.25) is 0 Å². The van der Waals surface area contributed by atoms with E-state index in [0.717, 1.165) is 19.3 Å². The van der Waals surface area contributed by atoms with Gasteiger partial charge in [0, 0.05) is 12.6 Å². The maximum Gasteiger partial charge on any atom is 0.343 e. The van der Waals surface area contributed by atoms with Gasteiger partial charge in [-0.05, 0) is 19.3 Å². The molecular weight excluding hydrogens is 276 g/mol. The number of carbonyl (C=O) groups excluding carboxylic acids is 1. The Kier molecular flexibility index (Phi) is 5.70. The van der Waals surface area contributed by atoms with Gasteiger partial charge in [0.25, 0.3) is 0 Å². The van der Waals surface area contributed by atoms with Crippen molar-refractivity contribution in [2.75, 3.05) is 5.75 Å². The summed E-state index contributed by atoms with van der Waals surface area (Å²) in [4.78, 5) is 23.4. The molecule has 1 aromatic heterocycles. The van der Waals surface area contributed by atoms with Crippen LogP contribution in [0.4, 0.5) is 0 Å². The summed E-state index contributed by atoms with van der Waals surface area (Å²) in [6.45, 7) is 2.63. The van der Waals surface area contributed by atoms with E-state index in [1.54, 1.807) is 4.57 Å². The predicted octanol–water partition coefficient (Wildman–Crippen LogP) is 1.52. The highest BCUT2D eigenvalue weighted by Crippen LogP contribution is 2.18. The lowest BCUT2D eigenvalue weighted by molar-refractivity contribution is -0.119.